The minimum Gasteiger partial charge on any atom is -0.381 e. The van der Waals surface area contributed by atoms with Crippen LogP contribution >= 0.6 is 0 Å². The van der Waals surface area contributed by atoms with Gasteiger partial charge in [0.15, 0.2) is 0 Å². The molecule has 1 unspecified atom stereocenters. The van der Waals surface area contributed by atoms with Crippen LogP contribution in [0.3, 0.4) is 0 Å². The molecule has 2 aromatic rings. The smallest absolute Gasteiger partial charge is 0.257 e. The van der Waals surface area contributed by atoms with Gasteiger partial charge in [-0.2, -0.15) is 20.1 Å². The standard InChI is InChI=1S/C13H19N7O/c1-2-14-11-17-12(15-8-10-4-7-21-9-10)19-13(18-11)20-6-3-5-16-20/h3,5-6,10H,2,4,7-9H2,1H3,(H2,14,15,17,18,19). The Morgan fingerprint density at radius 3 is 2.81 bits per heavy atom. The van der Waals surface area contributed by atoms with E-state index in [9.17, 15) is 0 Å². The molecule has 1 aliphatic rings. The highest BCUT2D eigenvalue weighted by molar-refractivity contribution is 5.37. The van der Waals surface area contributed by atoms with Crippen molar-refractivity contribution in [3.8, 4) is 5.95 Å². The lowest BCUT2D eigenvalue weighted by Crippen LogP contribution is -2.18. The fourth-order valence-corrected chi connectivity index (χ4v) is 2.15. The van der Waals surface area contributed by atoms with Crippen LogP contribution in [0.4, 0.5) is 11.9 Å². The Hall–Kier alpha value is -2.22. The van der Waals surface area contributed by atoms with Gasteiger partial charge in [-0.25, -0.2) is 4.68 Å². The van der Waals surface area contributed by atoms with Gasteiger partial charge in [0, 0.05) is 38.0 Å². The molecule has 0 aliphatic carbocycles. The van der Waals surface area contributed by atoms with E-state index in [1.54, 1.807) is 17.1 Å². The molecule has 0 bridgehead atoms. The van der Waals surface area contributed by atoms with E-state index in [0.717, 1.165) is 32.7 Å². The third-order valence-electron chi connectivity index (χ3n) is 3.24. The Kier molecular flexibility index (Phi) is 4.25. The summed E-state index contributed by atoms with van der Waals surface area (Å²) in [7, 11) is 0. The summed E-state index contributed by atoms with van der Waals surface area (Å²) in [6.45, 7) is 5.18. The lowest BCUT2D eigenvalue weighted by Gasteiger charge is -2.11. The number of nitrogens with one attached hydrogen (secondary N) is 2. The Labute approximate surface area is 123 Å². The molecule has 1 aliphatic heterocycles. The molecule has 3 rings (SSSR count). The molecule has 0 saturated carbocycles. The van der Waals surface area contributed by atoms with Crippen molar-refractivity contribution in [2.75, 3.05) is 36.9 Å². The van der Waals surface area contributed by atoms with Crippen molar-refractivity contribution in [2.24, 2.45) is 5.92 Å². The number of nitrogens with zero attached hydrogens (tertiary/aromatic N) is 5. The molecule has 8 nitrogen and oxygen atoms in total. The first kappa shape index (κ1) is 13.7. The van der Waals surface area contributed by atoms with Crippen LogP contribution in [0.5, 0.6) is 0 Å². The molecule has 0 radical (unpaired) electrons. The van der Waals surface area contributed by atoms with Gasteiger partial charge in [-0.15, -0.1) is 0 Å². The molecule has 1 saturated heterocycles. The summed E-state index contributed by atoms with van der Waals surface area (Å²) in [5.74, 6) is 2.11. The van der Waals surface area contributed by atoms with Crippen LogP contribution in [0.25, 0.3) is 5.95 Å². The average Bonchev–Trinajstić information content (AvgIpc) is 3.19. The van der Waals surface area contributed by atoms with Crippen LogP contribution in [0.1, 0.15) is 13.3 Å². The molecule has 0 amide bonds. The van der Waals surface area contributed by atoms with Crippen molar-refractivity contribution in [3.05, 3.63) is 18.5 Å². The maximum absolute atomic E-state index is 5.37. The Morgan fingerprint density at radius 1 is 1.29 bits per heavy atom. The molecule has 1 atom stereocenters. The Morgan fingerprint density at radius 2 is 2.14 bits per heavy atom. The highest BCUT2D eigenvalue weighted by Gasteiger charge is 2.16. The van der Waals surface area contributed by atoms with Gasteiger partial charge in [0.05, 0.1) is 6.61 Å². The zero-order valence-corrected chi connectivity index (χ0v) is 12.0. The minimum atomic E-state index is 0.496. The van der Waals surface area contributed by atoms with Crippen LogP contribution in [0.15, 0.2) is 18.5 Å². The maximum Gasteiger partial charge on any atom is 0.257 e. The normalized spacial score (nSPS) is 17.9. The zero-order valence-electron chi connectivity index (χ0n) is 12.0. The predicted molar refractivity (Wildman–Crippen MR) is 78.5 cm³/mol. The summed E-state index contributed by atoms with van der Waals surface area (Å²) in [6, 6.07) is 1.83. The van der Waals surface area contributed by atoms with Crippen LogP contribution in [-0.2, 0) is 4.74 Å². The molecule has 112 valence electrons. The van der Waals surface area contributed by atoms with E-state index in [1.165, 1.54) is 0 Å². The van der Waals surface area contributed by atoms with Gasteiger partial charge in [-0.05, 0) is 19.4 Å². The monoisotopic (exact) mass is 289 g/mol. The van der Waals surface area contributed by atoms with E-state index in [4.69, 9.17) is 4.74 Å². The third kappa shape index (κ3) is 3.46. The first-order valence-corrected chi connectivity index (χ1v) is 7.16. The summed E-state index contributed by atoms with van der Waals surface area (Å²) in [4.78, 5) is 13.1. The van der Waals surface area contributed by atoms with E-state index < -0.39 is 0 Å². The van der Waals surface area contributed by atoms with Crippen LogP contribution in [-0.4, -0.2) is 51.0 Å². The van der Waals surface area contributed by atoms with Gasteiger partial charge in [0.25, 0.3) is 5.95 Å². The molecule has 8 heteroatoms. The number of aromatic nitrogens is 5. The van der Waals surface area contributed by atoms with Crippen LogP contribution in [0.2, 0.25) is 0 Å². The topological polar surface area (TPSA) is 89.8 Å². The first-order chi connectivity index (χ1) is 10.3. The lowest BCUT2D eigenvalue weighted by molar-refractivity contribution is 0.187. The molecule has 2 N–H and O–H groups in total. The van der Waals surface area contributed by atoms with Crippen molar-refractivity contribution in [2.45, 2.75) is 13.3 Å². The van der Waals surface area contributed by atoms with Crippen molar-refractivity contribution < 1.29 is 4.74 Å². The fourth-order valence-electron chi connectivity index (χ4n) is 2.15. The summed E-state index contributed by atoms with van der Waals surface area (Å²) in [5, 5.41) is 10.5. The van der Waals surface area contributed by atoms with E-state index in [2.05, 4.69) is 30.7 Å². The largest absolute Gasteiger partial charge is 0.381 e. The van der Waals surface area contributed by atoms with Gasteiger partial charge >= 0.3 is 0 Å². The second-order valence-corrected chi connectivity index (χ2v) is 4.87. The van der Waals surface area contributed by atoms with E-state index >= 15 is 0 Å². The molecule has 0 aromatic carbocycles. The summed E-state index contributed by atoms with van der Waals surface area (Å²) >= 11 is 0. The average molecular weight is 289 g/mol. The van der Waals surface area contributed by atoms with E-state index in [-0.39, 0.29) is 0 Å². The Bertz CT molecular complexity index is 566. The SMILES string of the molecule is CCNc1nc(NCC2CCOC2)nc(-n2cccn2)n1. The summed E-state index contributed by atoms with van der Waals surface area (Å²) in [5.41, 5.74) is 0. The highest BCUT2D eigenvalue weighted by atomic mass is 16.5. The van der Waals surface area contributed by atoms with Crippen LogP contribution < -0.4 is 10.6 Å². The van der Waals surface area contributed by atoms with E-state index in [1.807, 2.05) is 13.0 Å². The number of anilines is 2. The fraction of sp³-hybridized carbons (Fsp3) is 0.538. The lowest BCUT2D eigenvalue weighted by atomic mass is 10.1. The Balaban J connectivity index is 1.77. The number of ether oxygens (including phenoxy) is 1. The quantitative estimate of drug-likeness (QED) is 0.817. The van der Waals surface area contributed by atoms with Gasteiger partial charge < -0.3 is 15.4 Å². The molecular formula is C13H19N7O. The summed E-state index contributed by atoms with van der Waals surface area (Å²) in [6.07, 6.45) is 4.57. The molecule has 1 fully saturated rings. The number of hydrogen-bond acceptors (Lipinski definition) is 7. The van der Waals surface area contributed by atoms with Gasteiger partial charge in [-0.3, -0.25) is 0 Å². The second-order valence-electron chi connectivity index (χ2n) is 4.87. The van der Waals surface area contributed by atoms with Gasteiger partial charge in [-0.1, -0.05) is 0 Å². The van der Waals surface area contributed by atoms with Crippen molar-refractivity contribution in [1.29, 1.82) is 0 Å². The second kappa shape index (κ2) is 6.49. The molecule has 21 heavy (non-hydrogen) atoms. The van der Waals surface area contributed by atoms with Crippen molar-refractivity contribution in [3.63, 3.8) is 0 Å². The first-order valence-electron chi connectivity index (χ1n) is 7.16. The number of hydrogen-bond donors (Lipinski definition) is 2. The highest BCUT2D eigenvalue weighted by Crippen LogP contribution is 2.14. The summed E-state index contributed by atoms with van der Waals surface area (Å²) < 4.78 is 6.99. The number of rotatable bonds is 6. The molecule has 0 spiro atoms. The van der Waals surface area contributed by atoms with Crippen molar-refractivity contribution in [1.82, 2.24) is 24.7 Å². The maximum atomic E-state index is 5.37. The van der Waals surface area contributed by atoms with Gasteiger partial charge in [0.1, 0.15) is 0 Å². The molecular weight excluding hydrogens is 270 g/mol. The van der Waals surface area contributed by atoms with Crippen LogP contribution in [0, 0.1) is 5.92 Å². The minimum absolute atomic E-state index is 0.496. The zero-order chi connectivity index (χ0) is 14.5. The molecule has 2 aromatic heterocycles. The van der Waals surface area contributed by atoms with Crippen molar-refractivity contribution >= 4 is 11.9 Å². The van der Waals surface area contributed by atoms with E-state index in [0.29, 0.717) is 23.8 Å². The predicted octanol–water partition coefficient (Wildman–Crippen LogP) is 0.937. The van der Waals surface area contributed by atoms with Gasteiger partial charge in [0.2, 0.25) is 11.9 Å². The third-order valence-corrected chi connectivity index (χ3v) is 3.24. The molecule has 3 heterocycles.